The summed E-state index contributed by atoms with van der Waals surface area (Å²) >= 11 is 5.63. The van der Waals surface area contributed by atoms with Crippen LogP contribution >= 0.6 is 11.6 Å². The Morgan fingerprint density at radius 3 is 2.40 bits per heavy atom. The molecule has 2 N–H and O–H groups in total. The topological polar surface area (TPSA) is 83.8 Å². The van der Waals surface area contributed by atoms with Crippen molar-refractivity contribution in [3.05, 3.63) is 23.2 Å². The van der Waals surface area contributed by atoms with Crippen molar-refractivity contribution in [3.63, 3.8) is 0 Å². The van der Waals surface area contributed by atoms with Crippen LogP contribution in [0.5, 0.6) is 5.75 Å². The van der Waals surface area contributed by atoms with E-state index >= 15 is 0 Å². The first-order valence-electron chi connectivity index (χ1n) is 3.84. The predicted molar refractivity (Wildman–Crippen MR) is 56.7 cm³/mol. The highest BCUT2D eigenvalue weighted by molar-refractivity contribution is 7.86. The van der Waals surface area contributed by atoms with Crippen molar-refractivity contribution >= 4 is 34.3 Å². The van der Waals surface area contributed by atoms with Crippen LogP contribution in [-0.2, 0) is 10.1 Å². The highest BCUT2D eigenvalue weighted by atomic mass is 35.5. The molecule has 0 heterocycles. The molecule has 5 nitrogen and oxygen atoms in total. The Balaban J connectivity index is 3.10. The Morgan fingerprint density at radius 1 is 1.33 bits per heavy atom. The number of halogens is 1. The van der Waals surface area contributed by atoms with Crippen LogP contribution in [-0.4, -0.2) is 31.8 Å². The Kier molecular flexibility index (Phi) is 3.61. The van der Waals surface area contributed by atoms with Crippen molar-refractivity contribution in [3.8, 4) is 5.75 Å². The third kappa shape index (κ3) is 4.09. The van der Waals surface area contributed by atoms with Gasteiger partial charge in [0.1, 0.15) is 5.75 Å². The monoisotopic (exact) mass is 250 g/mol. The van der Waals surface area contributed by atoms with E-state index in [0.29, 0.717) is 0 Å². The molecule has 1 rings (SSSR count). The van der Waals surface area contributed by atoms with Gasteiger partial charge in [0.25, 0.3) is 0 Å². The molecule has 0 fully saturated rings. The predicted octanol–water partition coefficient (Wildman–Crippen LogP) is -0.642. The smallest absolute Gasteiger partial charge is 0.423 e. The second-order valence-corrected chi connectivity index (χ2v) is 4.89. The number of hydrogen-bond acceptors (Lipinski definition) is 5. The Hall–Kier alpha value is -0.755. The van der Waals surface area contributed by atoms with E-state index in [9.17, 15) is 8.42 Å². The van der Waals surface area contributed by atoms with Crippen LogP contribution in [0.4, 0.5) is 0 Å². The van der Waals surface area contributed by atoms with Crippen LogP contribution in [0.25, 0.3) is 0 Å². The fourth-order valence-electron chi connectivity index (χ4n) is 0.956. The first-order valence-corrected chi connectivity index (χ1v) is 6.03. The zero-order valence-corrected chi connectivity index (χ0v) is 9.29. The van der Waals surface area contributed by atoms with E-state index in [1.54, 1.807) is 0 Å². The van der Waals surface area contributed by atoms with Gasteiger partial charge in [0.15, 0.2) is 0 Å². The van der Waals surface area contributed by atoms with Crippen molar-refractivity contribution in [2.75, 3.05) is 6.26 Å². The minimum absolute atomic E-state index is 0.0566. The molecule has 0 atom stereocenters. The largest absolute Gasteiger partial charge is 0.488 e. The lowest BCUT2D eigenvalue weighted by atomic mass is 9.80. The molecule has 0 saturated heterocycles. The Labute approximate surface area is 92.5 Å². The molecule has 0 aromatic heterocycles. The van der Waals surface area contributed by atoms with Crippen LogP contribution in [0.15, 0.2) is 18.2 Å². The van der Waals surface area contributed by atoms with Crippen molar-refractivity contribution in [1.82, 2.24) is 0 Å². The summed E-state index contributed by atoms with van der Waals surface area (Å²) in [6.07, 6.45) is 0.878. The van der Waals surface area contributed by atoms with Crippen molar-refractivity contribution in [2.24, 2.45) is 0 Å². The van der Waals surface area contributed by atoms with Gasteiger partial charge in [-0.1, -0.05) is 11.6 Å². The molecule has 0 spiro atoms. The lowest BCUT2D eigenvalue weighted by molar-refractivity contribution is 0.425. The maximum absolute atomic E-state index is 10.8. The average molecular weight is 250 g/mol. The zero-order chi connectivity index (χ0) is 11.6. The summed E-state index contributed by atoms with van der Waals surface area (Å²) in [6.45, 7) is 0. The van der Waals surface area contributed by atoms with E-state index in [0.717, 1.165) is 6.26 Å². The highest BCUT2D eigenvalue weighted by Crippen LogP contribution is 2.17. The molecule has 0 radical (unpaired) electrons. The van der Waals surface area contributed by atoms with Gasteiger partial charge in [0.05, 0.1) is 6.26 Å². The molecular weight excluding hydrogens is 242 g/mol. The van der Waals surface area contributed by atoms with Crippen LogP contribution < -0.4 is 9.65 Å². The van der Waals surface area contributed by atoms with E-state index in [-0.39, 0.29) is 16.2 Å². The lowest BCUT2D eigenvalue weighted by Crippen LogP contribution is -2.29. The molecule has 0 aliphatic carbocycles. The Bertz CT molecular complexity index is 458. The van der Waals surface area contributed by atoms with Gasteiger partial charge in [-0.3, -0.25) is 0 Å². The molecule has 0 aliphatic rings. The van der Waals surface area contributed by atoms with Gasteiger partial charge in [-0.25, -0.2) is 0 Å². The van der Waals surface area contributed by atoms with E-state index in [1.807, 2.05) is 0 Å². The first kappa shape index (κ1) is 12.3. The fourth-order valence-corrected chi connectivity index (χ4v) is 1.64. The van der Waals surface area contributed by atoms with Gasteiger partial charge in [0, 0.05) is 11.1 Å². The standard InChI is InChI=1S/C7H8BClO5S/c1-15(12,13)14-7-3-5(8(10)11)2-6(9)4-7/h2-4,10-11H,1H3. The molecule has 8 heteroatoms. The van der Waals surface area contributed by atoms with Gasteiger partial charge >= 0.3 is 17.2 Å². The second-order valence-electron chi connectivity index (χ2n) is 2.88. The summed E-state index contributed by atoms with van der Waals surface area (Å²) in [5, 5.41) is 17.9. The molecule has 0 bridgehead atoms. The number of benzene rings is 1. The number of hydrogen-bond donors (Lipinski definition) is 2. The maximum Gasteiger partial charge on any atom is 0.488 e. The molecule has 0 aliphatic heterocycles. The number of rotatable bonds is 3. The first-order chi connectivity index (χ1) is 6.78. The van der Waals surface area contributed by atoms with Crippen LogP contribution in [0.1, 0.15) is 0 Å². The second kappa shape index (κ2) is 4.40. The van der Waals surface area contributed by atoms with Crippen molar-refractivity contribution in [1.29, 1.82) is 0 Å². The summed E-state index contributed by atoms with van der Waals surface area (Å²) in [5.41, 5.74) is 0.0566. The normalized spacial score (nSPS) is 11.2. The zero-order valence-electron chi connectivity index (χ0n) is 7.71. The molecule has 0 unspecified atom stereocenters. The third-order valence-electron chi connectivity index (χ3n) is 1.44. The third-order valence-corrected chi connectivity index (χ3v) is 2.15. The molecule has 15 heavy (non-hydrogen) atoms. The van der Waals surface area contributed by atoms with Crippen LogP contribution in [0.2, 0.25) is 5.02 Å². The minimum Gasteiger partial charge on any atom is -0.423 e. The van der Waals surface area contributed by atoms with Gasteiger partial charge < -0.3 is 14.2 Å². The molecular formula is C7H8BClO5S. The summed E-state index contributed by atoms with van der Waals surface area (Å²) in [6, 6.07) is 3.73. The molecule has 1 aromatic carbocycles. The summed E-state index contributed by atoms with van der Waals surface area (Å²) in [5.74, 6) is -0.0619. The van der Waals surface area contributed by atoms with Gasteiger partial charge in [-0.2, -0.15) is 8.42 Å². The lowest BCUT2D eigenvalue weighted by Gasteiger charge is -2.06. The molecule has 1 aromatic rings. The van der Waals surface area contributed by atoms with E-state index in [1.165, 1.54) is 18.2 Å². The quantitative estimate of drug-likeness (QED) is 0.551. The minimum atomic E-state index is -3.66. The summed E-state index contributed by atoms with van der Waals surface area (Å²) in [4.78, 5) is 0. The summed E-state index contributed by atoms with van der Waals surface area (Å²) in [7, 11) is -5.39. The molecule has 82 valence electrons. The van der Waals surface area contributed by atoms with Gasteiger partial charge in [0.2, 0.25) is 0 Å². The van der Waals surface area contributed by atoms with Gasteiger partial charge in [-0.05, 0) is 17.6 Å². The van der Waals surface area contributed by atoms with Gasteiger partial charge in [-0.15, -0.1) is 0 Å². The Morgan fingerprint density at radius 2 is 1.93 bits per heavy atom. The van der Waals surface area contributed by atoms with E-state index in [4.69, 9.17) is 21.6 Å². The van der Waals surface area contributed by atoms with Crippen molar-refractivity contribution < 1.29 is 22.6 Å². The SMILES string of the molecule is CS(=O)(=O)Oc1cc(Cl)cc(B(O)O)c1. The highest BCUT2D eigenvalue weighted by Gasteiger charge is 2.14. The average Bonchev–Trinajstić information content (AvgIpc) is 1.99. The fraction of sp³-hybridized carbons (Fsp3) is 0.143. The molecule has 0 saturated carbocycles. The summed E-state index contributed by atoms with van der Waals surface area (Å²) < 4.78 is 26.1. The molecule has 0 amide bonds. The maximum atomic E-state index is 10.8. The van der Waals surface area contributed by atoms with E-state index in [2.05, 4.69) is 4.18 Å². The van der Waals surface area contributed by atoms with Crippen LogP contribution in [0, 0.1) is 0 Å². The van der Waals surface area contributed by atoms with E-state index < -0.39 is 17.2 Å². The van der Waals surface area contributed by atoms with Crippen LogP contribution in [0.3, 0.4) is 0 Å². The van der Waals surface area contributed by atoms with Crippen molar-refractivity contribution in [2.45, 2.75) is 0 Å².